The standard InChI is InChI=1S/C13H28N4O2S/c1-13-4-2-9-17(12-13)20(18,19)15-5-3-8-16-10-6-14-7-11-16/h13-15H,2-12H2,1H3. The van der Waals surface area contributed by atoms with Crippen molar-refractivity contribution in [3.63, 3.8) is 0 Å². The molecule has 20 heavy (non-hydrogen) atoms. The highest BCUT2D eigenvalue weighted by atomic mass is 32.2. The number of nitrogens with one attached hydrogen (secondary N) is 2. The molecular weight excluding hydrogens is 276 g/mol. The molecule has 0 aromatic carbocycles. The Morgan fingerprint density at radius 2 is 2.00 bits per heavy atom. The van der Waals surface area contributed by atoms with Crippen LogP contribution in [0.25, 0.3) is 0 Å². The van der Waals surface area contributed by atoms with Gasteiger partial charge >= 0.3 is 0 Å². The molecular formula is C13H28N4O2S. The van der Waals surface area contributed by atoms with E-state index in [1.165, 1.54) is 0 Å². The monoisotopic (exact) mass is 304 g/mol. The third kappa shape index (κ3) is 4.96. The van der Waals surface area contributed by atoms with Gasteiger partial charge in [-0.1, -0.05) is 6.92 Å². The van der Waals surface area contributed by atoms with Gasteiger partial charge in [-0.25, -0.2) is 4.72 Å². The molecule has 6 nitrogen and oxygen atoms in total. The van der Waals surface area contributed by atoms with Gasteiger partial charge in [0.25, 0.3) is 10.2 Å². The van der Waals surface area contributed by atoms with Crippen LogP contribution in [0.15, 0.2) is 0 Å². The predicted molar refractivity (Wildman–Crippen MR) is 80.8 cm³/mol. The lowest BCUT2D eigenvalue weighted by molar-refractivity contribution is 0.238. The fourth-order valence-electron chi connectivity index (χ4n) is 2.89. The molecule has 7 heteroatoms. The SMILES string of the molecule is CC1CCCN(S(=O)(=O)NCCCN2CCNCC2)C1. The molecule has 2 heterocycles. The van der Waals surface area contributed by atoms with Crippen LogP contribution < -0.4 is 10.0 Å². The summed E-state index contributed by atoms with van der Waals surface area (Å²) in [4.78, 5) is 2.38. The van der Waals surface area contributed by atoms with Crippen molar-refractivity contribution in [2.45, 2.75) is 26.2 Å². The number of hydrogen-bond donors (Lipinski definition) is 2. The maximum Gasteiger partial charge on any atom is 0.279 e. The molecule has 1 atom stereocenters. The van der Waals surface area contributed by atoms with Crippen molar-refractivity contribution in [3.05, 3.63) is 0 Å². The minimum Gasteiger partial charge on any atom is -0.314 e. The quantitative estimate of drug-likeness (QED) is 0.670. The summed E-state index contributed by atoms with van der Waals surface area (Å²) in [5.41, 5.74) is 0. The van der Waals surface area contributed by atoms with Gasteiger partial charge in [0.15, 0.2) is 0 Å². The number of nitrogens with zero attached hydrogens (tertiary/aromatic N) is 2. The first kappa shape index (κ1) is 16.2. The predicted octanol–water partition coefficient (Wildman–Crippen LogP) is -0.152. The number of piperazine rings is 1. The molecule has 2 rings (SSSR count). The van der Waals surface area contributed by atoms with Gasteiger partial charge in [0, 0.05) is 45.8 Å². The Kier molecular flexibility index (Phi) is 6.22. The Bertz CT molecular complexity index is 382. The van der Waals surface area contributed by atoms with Gasteiger partial charge in [-0.05, 0) is 31.7 Å². The van der Waals surface area contributed by atoms with Crippen LogP contribution in [0, 0.1) is 5.92 Å². The summed E-state index contributed by atoms with van der Waals surface area (Å²) in [6.07, 6.45) is 2.99. The van der Waals surface area contributed by atoms with E-state index in [2.05, 4.69) is 21.9 Å². The Hall–Kier alpha value is -0.210. The van der Waals surface area contributed by atoms with E-state index in [0.29, 0.717) is 25.6 Å². The van der Waals surface area contributed by atoms with Crippen LogP contribution in [-0.4, -0.2) is 70.0 Å². The van der Waals surface area contributed by atoms with Crippen LogP contribution in [0.5, 0.6) is 0 Å². The zero-order valence-electron chi connectivity index (χ0n) is 12.5. The van der Waals surface area contributed by atoms with E-state index in [0.717, 1.165) is 52.0 Å². The summed E-state index contributed by atoms with van der Waals surface area (Å²) in [5, 5.41) is 3.32. The molecule has 0 aromatic rings. The Morgan fingerprint density at radius 3 is 2.70 bits per heavy atom. The normalized spacial score (nSPS) is 26.8. The Labute approximate surface area is 123 Å². The van der Waals surface area contributed by atoms with Crippen LogP contribution in [0.2, 0.25) is 0 Å². The zero-order valence-corrected chi connectivity index (χ0v) is 13.3. The van der Waals surface area contributed by atoms with Crippen molar-refractivity contribution in [3.8, 4) is 0 Å². The first-order valence-corrected chi connectivity index (χ1v) is 9.20. The topological polar surface area (TPSA) is 64.7 Å². The minimum absolute atomic E-state index is 0.473. The largest absolute Gasteiger partial charge is 0.314 e. The van der Waals surface area contributed by atoms with Crippen LogP contribution >= 0.6 is 0 Å². The van der Waals surface area contributed by atoms with Crippen LogP contribution in [0.3, 0.4) is 0 Å². The first-order valence-electron chi connectivity index (χ1n) is 7.76. The van der Waals surface area contributed by atoms with Gasteiger partial charge in [0.1, 0.15) is 0 Å². The first-order chi connectivity index (χ1) is 9.58. The van der Waals surface area contributed by atoms with Gasteiger partial charge in [0.05, 0.1) is 0 Å². The number of hydrogen-bond acceptors (Lipinski definition) is 4. The lowest BCUT2D eigenvalue weighted by Gasteiger charge is -2.30. The van der Waals surface area contributed by atoms with Crippen LogP contribution in [-0.2, 0) is 10.2 Å². The third-order valence-corrected chi connectivity index (χ3v) is 5.69. The van der Waals surface area contributed by atoms with Crippen molar-refractivity contribution in [1.82, 2.24) is 19.2 Å². The summed E-state index contributed by atoms with van der Waals surface area (Å²) < 4.78 is 28.7. The Balaban J connectivity index is 1.66. The molecule has 2 saturated heterocycles. The summed E-state index contributed by atoms with van der Waals surface area (Å²) in [7, 11) is -3.27. The van der Waals surface area contributed by atoms with Crippen molar-refractivity contribution in [2.24, 2.45) is 5.92 Å². The van der Waals surface area contributed by atoms with Crippen LogP contribution in [0.1, 0.15) is 26.2 Å². The molecule has 0 spiro atoms. The highest BCUT2D eigenvalue weighted by molar-refractivity contribution is 7.87. The molecule has 2 aliphatic heterocycles. The smallest absolute Gasteiger partial charge is 0.279 e. The third-order valence-electron chi connectivity index (χ3n) is 4.10. The lowest BCUT2D eigenvalue weighted by atomic mass is 10.0. The fraction of sp³-hybridized carbons (Fsp3) is 1.00. The second-order valence-corrected chi connectivity index (χ2v) is 7.71. The van der Waals surface area contributed by atoms with Crippen molar-refractivity contribution in [2.75, 3.05) is 52.4 Å². The highest BCUT2D eigenvalue weighted by Gasteiger charge is 2.26. The molecule has 2 N–H and O–H groups in total. The average molecular weight is 304 g/mol. The zero-order chi connectivity index (χ0) is 14.4. The summed E-state index contributed by atoms with van der Waals surface area (Å²) in [6, 6.07) is 0. The molecule has 0 aliphatic carbocycles. The van der Waals surface area contributed by atoms with Gasteiger partial charge in [-0.15, -0.1) is 0 Å². The number of piperidine rings is 1. The van der Waals surface area contributed by atoms with E-state index in [4.69, 9.17) is 0 Å². The molecule has 2 aliphatic rings. The van der Waals surface area contributed by atoms with E-state index >= 15 is 0 Å². The maximum atomic E-state index is 12.2. The molecule has 0 bridgehead atoms. The van der Waals surface area contributed by atoms with Gasteiger partial charge < -0.3 is 10.2 Å². The van der Waals surface area contributed by atoms with Gasteiger partial charge in [0.2, 0.25) is 0 Å². The van der Waals surface area contributed by atoms with Gasteiger partial charge in [-0.2, -0.15) is 12.7 Å². The average Bonchev–Trinajstić information content (AvgIpc) is 2.45. The van der Waals surface area contributed by atoms with Crippen molar-refractivity contribution < 1.29 is 8.42 Å². The summed E-state index contributed by atoms with van der Waals surface area (Å²) >= 11 is 0. The van der Waals surface area contributed by atoms with E-state index in [9.17, 15) is 8.42 Å². The molecule has 0 aromatic heterocycles. The van der Waals surface area contributed by atoms with Crippen molar-refractivity contribution in [1.29, 1.82) is 0 Å². The van der Waals surface area contributed by atoms with E-state index in [-0.39, 0.29) is 0 Å². The number of rotatable bonds is 6. The summed E-state index contributed by atoms with van der Waals surface area (Å²) in [6.45, 7) is 9.16. The minimum atomic E-state index is -3.27. The van der Waals surface area contributed by atoms with Crippen LogP contribution in [0.4, 0.5) is 0 Å². The van der Waals surface area contributed by atoms with Crippen molar-refractivity contribution >= 4 is 10.2 Å². The molecule has 0 amide bonds. The second-order valence-electron chi connectivity index (χ2n) is 5.95. The molecule has 0 radical (unpaired) electrons. The molecule has 0 saturated carbocycles. The van der Waals surface area contributed by atoms with E-state index in [1.807, 2.05) is 0 Å². The van der Waals surface area contributed by atoms with Gasteiger partial charge in [-0.3, -0.25) is 0 Å². The lowest BCUT2D eigenvalue weighted by Crippen LogP contribution is -2.47. The molecule has 1 unspecified atom stereocenters. The molecule has 118 valence electrons. The fourth-order valence-corrected chi connectivity index (χ4v) is 4.30. The highest BCUT2D eigenvalue weighted by Crippen LogP contribution is 2.17. The second kappa shape index (κ2) is 7.70. The maximum absolute atomic E-state index is 12.2. The summed E-state index contributed by atoms with van der Waals surface area (Å²) in [5.74, 6) is 0.473. The van der Waals surface area contributed by atoms with E-state index in [1.54, 1.807) is 4.31 Å². The Morgan fingerprint density at radius 1 is 1.25 bits per heavy atom. The van der Waals surface area contributed by atoms with E-state index < -0.39 is 10.2 Å². The molecule has 2 fully saturated rings.